The van der Waals surface area contributed by atoms with Crippen LogP contribution in [-0.4, -0.2) is 40.0 Å². The van der Waals surface area contributed by atoms with E-state index >= 15 is 0 Å². The van der Waals surface area contributed by atoms with Crippen LogP contribution >= 0.6 is 11.8 Å². The molecule has 1 saturated carbocycles. The number of aromatic nitrogens is 2. The quantitative estimate of drug-likeness (QED) is 0.816. The van der Waals surface area contributed by atoms with E-state index in [0.29, 0.717) is 22.8 Å². The van der Waals surface area contributed by atoms with Crippen LogP contribution in [-0.2, 0) is 10.3 Å². The number of methoxy groups -OCH3 is 1. The van der Waals surface area contributed by atoms with E-state index in [2.05, 4.69) is 20.3 Å². The molecule has 7 nitrogen and oxygen atoms in total. The van der Waals surface area contributed by atoms with Crippen molar-refractivity contribution in [3.63, 3.8) is 0 Å². The van der Waals surface area contributed by atoms with Crippen molar-refractivity contribution < 1.29 is 13.9 Å². The molecule has 1 aliphatic heterocycles. The van der Waals surface area contributed by atoms with Crippen LogP contribution in [0.5, 0.6) is 0 Å². The first-order valence-electron chi connectivity index (χ1n) is 8.90. The molecule has 1 amide bonds. The molecular weight excluding hydrogens is 381 g/mol. The number of benzene rings is 1. The Balaban J connectivity index is 1.70. The van der Waals surface area contributed by atoms with Gasteiger partial charge in [-0.3, -0.25) is 9.79 Å². The number of anilines is 1. The van der Waals surface area contributed by atoms with Crippen molar-refractivity contribution in [2.24, 2.45) is 16.6 Å². The molecule has 2 aliphatic rings. The van der Waals surface area contributed by atoms with Crippen molar-refractivity contribution in [2.75, 3.05) is 18.2 Å². The molecule has 0 radical (unpaired) electrons. The summed E-state index contributed by atoms with van der Waals surface area (Å²) in [6, 6.07) is 6.03. The van der Waals surface area contributed by atoms with Crippen molar-refractivity contribution in [3.8, 4) is 0 Å². The van der Waals surface area contributed by atoms with Crippen molar-refractivity contribution in [2.45, 2.75) is 24.5 Å². The second-order valence-corrected chi connectivity index (χ2v) is 7.96. The van der Waals surface area contributed by atoms with Gasteiger partial charge in [-0.05, 0) is 30.7 Å². The fourth-order valence-electron chi connectivity index (χ4n) is 3.99. The summed E-state index contributed by atoms with van der Waals surface area (Å²) in [5, 5.41) is 3.21. The first-order valence-corrected chi connectivity index (χ1v) is 9.88. The van der Waals surface area contributed by atoms with Gasteiger partial charge in [0.25, 0.3) is 5.91 Å². The fraction of sp³-hybridized carbons (Fsp3) is 0.368. The third kappa shape index (κ3) is 3.35. The van der Waals surface area contributed by atoms with Crippen molar-refractivity contribution in [1.29, 1.82) is 0 Å². The predicted octanol–water partition coefficient (Wildman–Crippen LogP) is 2.55. The standard InChI is InChI=1S/C19H20FN5O2S/c1-27-13-6-11-9-28-18(21)25-19(11,8-13)14-7-12(2-3-15(14)20)24-17(26)16-4-5-22-10-23-16/h2-5,7,10-11,13H,6,8-9H2,1H3,(H2,21,25)(H,24,26)/t11-,13-,19-/m0/s1. The number of hydrogen-bond donors (Lipinski definition) is 2. The third-order valence-corrected chi connectivity index (χ3v) is 6.30. The lowest BCUT2D eigenvalue weighted by atomic mass is 9.81. The summed E-state index contributed by atoms with van der Waals surface area (Å²) in [7, 11) is 1.66. The van der Waals surface area contributed by atoms with E-state index < -0.39 is 11.4 Å². The maximum atomic E-state index is 14.9. The van der Waals surface area contributed by atoms with Gasteiger partial charge in [-0.2, -0.15) is 0 Å². The monoisotopic (exact) mass is 401 g/mol. The second kappa shape index (κ2) is 7.48. The highest BCUT2D eigenvalue weighted by atomic mass is 32.2. The molecule has 1 aromatic carbocycles. The van der Waals surface area contributed by atoms with Crippen LogP contribution in [0, 0.1) is 11.7 Å². The third-order valence-electron chi connectivity index (χ3n) is 5.34. The van der Waals surface area contributed by atoms with Crippen LogP contribution in [0.2, 0.25) is 0 Å². The summed E-state index contributed by atoms with van der Waals surface area (Å²) < 4.78 is 20.5. The summed E-state index contributed by atoms with van der Waals surface area (Å²) in [5.74, 6) is 0.103. The minimum absolute atomic E-state index is 0.0149. The number of hydrogen-bond acceptors (Lipinski definition) is 7. The van der Waals surface area contributed by atoms with Crippen molar-refractivity contribution >= 4 is 28.5 Å². The molecule has 28 heavy (non-hydrogen) atoms. The number of carbonyl (C=O) groups excluding carboxylic acids is 1. The molecule has 0 spiro atoms. The number of amidine groups is 1. The molecule has 0 bridgehead atoms. The number of rotatable bonds is 4. The number of amides is 1. The van der Waals surface area contributed by atoms with Gasteiger partial charge in [-0.25, -0.2) is 14.4 Å². The zero-order chi connectivity index (χ0) is 19.7. The minimum atomic E-state index is -0.782. The molecule has 2 heterocycles. The smallest absolute Gasteiger partial charge is 0.274 e. The van der Waals surface area contributed by atoms with Gasteiger partial charge in [0.1, 0.15) is 17.8 Å². The number of thioether (sulfide) groups is 1. The van der Waals surface area contributed by atoms with Gasteiger partial charge < -0.3 is 15.8 Å². The maximum absolute atomic E-state index is 14.9. The van der Waals surface area contributed by atoms with Crippen molar-refractivity contribution in [1.82, 2.24) is 9.97 Å². The molecule has 0 saturated heterocycles. The summed E-state index contributed by atoms with van der Waals surface area (Å²) in [6.07, 6.45) is 4.11. The predicted molar refractivity (Wildman–Crippen MR) is 106 cm³/mol. The number of aliphatic imine (C=N–C) groups is 1. The number of carbonyl (C=O) groups is 1. The largest absolute Gasteiger partial charge is 0.381 e. The minimum Gasteiger partial charge on any atom is -0.381 e. The summed E-state index contributed by atoms with van der Waals surface area (Å²) in [4.78, 5) is 24.8. The molecule has 1 aromatic heterocycles. The molecule has 9 heteroatoms. The topological polar surface area (TPSA) is 102 Å². The number of nitrogens with zero attached hydrogens (tertiary/aromatic N) is 3. The van der Waals surface area contributed by atoms with Crippen LogP contribution < -0.4 is 11.1 Å². The summed E-state index contributed by atoms with van der Waals surface area (Å²) in [5.41, 5.74) is 6.36. The van der Waals surface area contributed by atoms with Crippen LogP contribution in [0.25, 0.3) is 0 Å². The Morgan fingerprint density at radius 1 is 1.43 bits per heavy atom. The summed E-state index contributed by atoms with van der Waals surface area (Å²) in [6.45, 7) is 0. The van der Waals surface area contributed by atoms with Crippen molar-refractivity contribution in [3.05, 3.63) is 53.9 Å². The van der Waals surface area contributed by atoms with Gasteiger partial charge in [0.15, 0.2) is 5.17 Å². The highest BCUT2D eigenvalue weighted by Crippen LogP contribution is 2.52. The zero-order valence-corrected chi connectivity index (χ0v) is 16.1. The van der Waals surface area contributed by atoms with Gasteiger partial charge in [0, 0.05) is 42.6 Å². The van der Waals surface area contributed by atoms with E-state index in [1.54, 1.807) is 13.2 Å². The van der Waals surface area contributed by atoms with E-state index in [4.69, 9.17) is 10.5 Å². The number of halogens is 1. The molecular formula is C19H20FN5O2S. The Hall–Kier alpha value is -2.52. The van der Waals surface area contributed by atoms with Crippen LogP contribution in [0.1, 0.15) is 28.9 Å². The normalized spacial score (nSPS) is 26.4. The van der Waals surface area contributed by atoms with Gasteiger partial charge in [-0.15, -0.1) is 0 Å². The number of fused-ring (bicyclic) bond motifs is 1. The van der Waals surface area contributed by atoms with Gasteiger partial charge in [0.05, 0.1) is 11.6 Å². The number of nitrogens with two attached hydrogens (primary N) is 1. The fourth-order valence-corrected chi connectivity index (χ4v) is 5.00. The van der Waals surface area contributed by atoms with Crippen LogP contribution in [0.3, 0.4) is 0 Å². The Labute approximate surface area is 166 Å². The Morgan fingerprint density at radius 3 is 3.04 bits per heavy atom. The highest BCUT2D eigenvalue weighted by Gasteiger charge is 2.52. The van der Waals surface area contributed by atoms with E-state index in [9.17, 15) is 9.18 Å². The lowest BCUT2D eigenvalue weighted by Crippen LogP contribution is -2.37. The molecule has 3 N–H and O–H groups in total. The van der Waals surface area contributed by atoms with Crippen LogP contribution in [0.15, 0.2) is 41.8 Å². The molecule has 1 fully saturated rings. The Kier molecular flexibility index (Phi) is 5.03. The van der Waals surface area contributed by atoms with Gasteiger partial charge >= 0.3 is 0 Å². The lowest BCUT2D eigenvalue weighted by Gasteiger charge is -2.36. The second-order valence-electron chi connectivity index (χ2n) is 6.92. The van der Waals surface area contributed by atoms with Gasteiger partial charge in [-0.1, -0.05) is 11.8 Å². The lowest BCUT2D eigenvalue weighted by molar-refractivity contribution is 0.101. The molecule has 146 valence electrons. The molecule has 1 aliphatic carbocycles. The van der Waals surface area contributed by atoms with E-state index in [1.807, 2.05) is 0 Å². The maximum Gasteiger partial charge on any atom is 0.274 e. The first-order chi connectivity index (χ1) is 13.5. The van der Waals surface area contributed by atoms with E-state index in [0.717, 1.165) is 12.2 Å². The average Bonchev–Trinajstić information content (AvgIpc) is 3.09. The number of ether oxygens (including phenoxy) is 1. The molecule has 2 aromatic rings. The zero-order valence-electron chi connectivity index (χ0n) is 15.3. The Bertz CT molecular complexity index is 926. The molecule has 4 rings (SSSR count). The first kappa shape index (κ1) is 18.8. The van der Waals surface area contributed by atoms with E-state index in [1.165, 1.54) is 42.5 Å². The van der Waals surface area contributed by atoms with Gasteiger partial charge in [0.2, 0.25) is 0 Å². The Morgan fingerprint density at radius 2 is 2.29 bits per heavy atom. The van der Waals surface area contributed by atoms with E-state index in [-0.39, 0.29) is 23.5 Å². The summed E-state index contributed by atoms with van der Waals surface area (Å²) >= 11 is 1.48. The highest BCUT2D eigenvalue weighted by molar-refractivity contribution is 8.13. The van der Waals surface area contributed by atoms with Crippen LogP contribution in [0.4, 0.5) is 10.1 Å². The average molecular weight is 401 g/mol. The molecule has 0 unspecified atom stereocenters. The molecule has 3 atom stereocenters. The number of nitrogens with one attached hydrogen (secondary N) is 1. The SMILES string of the molecule is CO[C@H]1C[C@H]2CSC(N)=N[C@@]2(c2cc(NC(=O)c3ccncn3)ccc2F)C1.